The van der Waals surface area contributed by atoms with E-state index in [1.165, 1.54) is 11.0 Å². The number of nitro benzene ring substituents is 1. The van der Waals surface area contributed by atoms with Crippen LogP contribution in [-0.2, 0) is 9.84 Å². The Kier molecular flexibility index (Phi) is 5.13. The van der Waals surface area contributed by atoms with E-state index < -0.39 is 26.4 Å². The van der Waals surface area contributed by atoms with Crippen molar-refractivity contribution in [3.05, 3.63) is 68.6 Å². The van der Waals surface area contributed by atoms with Gasteiger partial charge in [0.2, 0.25) is 0 Å². The molecular weight excluding hydrogens is 424 g/mol. The average Bonchev–Trinajstić information content (AvgIpc) is 3.08. The van der Waals surface area contributed by atoms with E-state index in [0.717, 1.165) is 29.4 Å². The van der Waals surface area contributed by atoms with Crippen LogP contribution in [0.1, 0.15) is 29.2 Å². The van der Waals surface area contributed by atoms with E-state index in [1.807, 2.05) is 24.3 Å². The molecule has 31 heavy (non-hydrogen) atoms. The van der Waals surface area contributed by atoms with Gasteiger partial charge in [0.1, 0.15) is 0 Å². The summed E-state index contributed by atoms with van der Waals surface area (Å²) in [6.07, 6.45) is 1.99. The summed E-state index contributed by atoms with van der Waals surface area (Å²) >= 11 is 0. The highest BCUT2D eigenvalue weighted by Crippen LogP contribution is 2.27. The van der Waals surface area contributed by atoms with Crippen LogP contribution in [0.2, 0.25) is 0 Å². The number of carbonyl (C=O) groups is 1. The zero-order valence-electron chi connectivity index (χ0n) is 16.6. The maximum Gasteiger partial charge on any atom is 0.326 e. The topological polar surface area (TPSA) is 135 Å². The Bertz CT molecular complexity index is 1350. The van der Waals surface area contributed by atoms with Crippen molar-refractivity contribution >= 4 is 32.5 Å². The smallest absolute Gasteiger partial charge is 0.326 e. The Labute approximate surface area is 177 Å². The molecule has 1 fully saturated rings. The lowest BCUT2D eigenvalue weighted by molar-refractivity contribution is -0.385. The molecule has 0 radical (unpaired) electrons. The predicted octanol–water partition coefficient (Wildman–Crippen LogP) is 2.12. The van der Waals surface area contributed by atoms with Crippen LogP contribution in [0.3, 0.4) is 0 Å². The minimum absolute atomic E-state index is 0.0441. The predicted molar refractivity (Wildman–Crippen MR) is 113 cm³/mol. The standard InChI is InChI=1S/C20H20N4O6S/c1-31(29,30)16-11-13(10-15(12-16)24(27)28)19(25)22-8-6-14(7-9-22)23-18-5-3-2-4-17(18)21-20(23)26/h2-5,10-12,14H,6-9H2,1H3,(H,21,26). The van der Waals surface area contributed by atoms with Crippen molar-refractivity contribution in [2.45, 2.75) is 23.8 Å². The fraction of sp³-hybridized carbons (Fsp3) is 0.300. The molecule has 10 nitrogen and oxygen atoms in total. The number of sulfone groups is 1. The number of nitro groups is 1. The molecule has 11 heteroatoms. The van der Waals surface area contributed by atoms with E-state index in [2.05, 4.69) is 4.98 Å². The summed E-state index contributed by atoms with van der Waals surface area (Å²) in [6, 6.07) is 10.5. The zero-order chi connectivity index (χ0) is 22.3. The maximum atomic E-state index is 13.0. The van der Waals surface area contributed by atoms with Gasteiger partial charge in [-0.1, -0.05) is 12.1 Å². The molecule has 0 bridgehead atoms. The normalized spacial score (nSPS) is 15.3. The molecule has 1 aromatic heterocycles. The Hall–Kier alpha value is -3.47. The molecule has 1 saturated heterocycles. The van der Waals surface area contributed by atoms with Crippen molar-refractivity contribution in [2.75, 3.05) is 19.3 Å². The second-order valence-corrected chi connectivity index (χ2v) is 9.60. The summed E-state index contributed by atoms with van der Waals surface area (Å²) in [5, 5.41) is 11.2. The number of aromatic nitrogens is 2. The van der Waals surface area contributed by atoms with Crippen molar-refractivity contribution in [2.24, 2.45) is 0 Å². The van der Waals surface area contributed by atoms with Crippen LogP contribution in [0.25, 0.3) is 11.0 Å². The number of likely N-dealkylation sites (tertiary alicyclic amines) is 1. The number of benzene rings is 2. The summed E-state index contributed by atoms with van der Waals surface area (Å²) in [4.78, 5) is 39.9. The Balaban J connectivity index is 1.57. The summed E-state index contributed by atoms with van der Waals surface area (Å²) in [6.45, 7) is 0.679. The van der Waals surface area contributed by atoms with Crippen molar-refractivity contribution in [1.82, 2.24) is 14.5 Å². The second-order valence-electron chi connectivity index (χ2n) is 7.59. The quantitative estimate of drug-likeness (QED) is 0.484. The zero-order valence-corrected chi connectivity index (χ0v) is 17.5. The number of piperidine rings is 1. The number of nitrogens with one attached hydrogen (secondary N) is 1. The molecule has 0 spiro atoms. The van der Waals surface area contributed by atoms with Gasteiger partial charge in [-0.15, -0.1) is 0 Å². The van der Waals surface area contributed by atoms with Crippen LogP contribution in [0.4, 0.5) is 5.69 Å². The average molecular weight is 444 g/mol. The van der Waals surface area contributed by atoms with Crippen LogP contribution in [0, 0.1) is 10.1 Å². The van der Waals surface area contributed by atoms with Gasteiger partial charge in [0, 0.05) is 43.1 Å². The number of rotatable bonds is 4. The molecule has 1 aliphatic heterocycles. The lowest BCUT2D eigenvalue weighted by Gasteiger charge is -2.32. The fourth-order valence-electron chi connectivity index (χ4n) is 3.97. The largest absolute Gasteiger partial charge is 0.338 e. The minimum Gasteiger partial charge on any atom is -0.338 e. The van der Waals surface area contributed by atoms with Gasteiger partial charge >= 0.3 is 5.69 Å². The van der Waals surface area contributed by atoms with Gasteiger partial charge < -0.3 is 9.88 Å². The third kappa shape index (κ3) is 3.96. The molecule has 2 heterocycles. The Morgan fingerprint density at radius 3 is 2.48 bits per heavy atom. The van der Waals surface area contributed by atoms with Crippen molar-refractivity contribution in [3.8, 4) is 0 Å². The van der Waals surface area contributed by atoms with Crippen LogP contribution in [-0.4, -0.2) is 53.0 Å². The number of imidazole rings is 1. The number of fused-ring (bicyclic) bond motifs is 1. The van der Waals surface area contributed by atoms with Crippen LogP contribution in [0.5, 0.6) is 0 Å². The highest BCUT2D eigenvalue weighted by molar-refractivity contribution is 7.90. The van der Waals surface area contributed by atoms with Gasteiger partial charge in [-0.05, 0) is 31.0 Å². The molecule has 0 atom stereocenters. The molecular formula is C20H20N4O6S. The summed E-state index contributed by atoms with van der Waals surface area (Å²) in [5.74, 6) is -0.474. The first-order valence-corrected chi connectivity index (χ1v) is 11.5. The van der Waals surface area contributed by atoms with E-state index in [-0.39, 0.29) is 22.2 Å². The number of para-hydroxylation sites is 2. The van der Waals surface area contributed by atoms with Crippen LogP contribution >= 0.6 is 0 Å². The number of nitrogens with zero attached hydrogens (tertiary/aromatic N) is 3. The lowest BCUT2D eigenvalue weighted by Crippen LogP contribution is -2.40. The van der Waals surface area contributed by atoms with Gasteiger partial charge in [0.05, 0.1) is 20.9 Å². The van der Waals surface area contributed by atoms with Gasteiger partial charge in [0.15, 0.2) is 9.84 Å². The van der Waals surface area contributed by atoms with Crippen molar-refractivity contribution in [1.29, 1.82) is 0 Å². The molecule has 1 amide bonds. The van der Waals surface area contributed by atoms with Crippen molar-refractivity contribution < 1.29 is 18.1 Å². The minimum atomic E-state index is -3.73. The first kappa shape index (κ1) is 20.8. The first-order chi connectivity index (χ1) is 14.6. The number of amides is 1. The third-order valence-electron chi connectivity index (χ3n) is 5.52. The number of carbonyl (C=O) groups excluding carboxylic acids is 1. The van der Waals surface area contributed by atoms with Gasteiger partial charge in [0.25, 0.3) is 11.6 Å². The molecule has 4 rings (SSSR count). The number of non-ortho nitro benzene ring substituents is 1. The molecule has 3 aromatic rings. The second kappa shape index (κ2) is 7.65. The third-order valence-corrected chi connectivity index (χ3v) is 6.61. The van der Waals surface area contributed by atoms with Gasteiger partial charge in [-0.3, -0.25) is 19.5 Å². The number of H-pyrrole nitrogens is 1. The van der Waals surface area contributed by atoms with Crippen molar-refractivity contribution in [3.63, 3.8) is 0 Å². The monoisotopic (exact) mass is 444 g/mol. The summed E-state index contributed by atoms with van der Waals surface area (Å²) < 4.78 is 25.5. The summed E-state index contributed by atoms with van der Waals surface area (Å²) in [7, 11) is -3.73. The fourth-order valence-corrected chi connectivity index (χ4v) is 4.65. The van der Waals surface area contributed by atoms with E-state index >= 15 is 0 Å². The summed E-state index contributed by atoms with van der Waals surface area (Å²) in [5.41, 5.74) is 0.843. The molecule has 1 aliphatic rings. The van der Waals surface area contributed by atoms with Gasteiger partial charge in [-0.25, -0.2) is 13.2 Å². The SMILES string of the molecule is CS(=O)(=O)c1cc(C(=O)N2CCC(n3c(=O)[nH]c4ccccc43)CC2)cc([N+](=O)[O-])c1. The molecule has 162 valence electrons. The van der Waals surface area contributed by atoms with E-state index in [0.29, 0.717) is 25.9 Å². The maximum absolute atomic E-state index is 13.0. The first-order valence-electron chi connectivity index (χ1n) is 9.63. The van der Waals surface area contributed by atoms with E-state index in [1.54, 1.807) is 4.57 Å². The number of hydrogen-bond donors (Lipinski definition) is 1. The highest BCUT2D eigenvalue weighted by atomic mass is 32.2. The Morgan fingerprint density at radius 1 is 1.16 bits per heavy atom. The lowest BCUT2D eigenvalue weighted by atomic mass is 10.0. The van der Waals surface area contributed by atoms with Crippen LogP contribution in [0.15, 0.2) is 52.2 Å². The molecule has 0 aliphatic carbocycles. The Morgan fingerprint density at radius 2 is 1.84 bits per heavy atom. The molecule has 2 aromatic carbocycles. The molecule has 0 unspecified atom stereocenters. The highest BCUT2D eigenvalue weighted by Gasteiger charge is 2.28. The van der Waals surface area contributed by atoms with Gasteiger partial charge in [-0.2, -0.15) is 0 Å². The van der Waals surface area contributed by atoms with E-state index in [9.17, 15) is 28.1 Å². The molecule has 0 saturated carbocycles. The van der Waals surface area contributed by atoms with Crippen LogP contribution < -0.4 is 5.69 Å². The number of hydrogen-bond acceptors (Lipinski definition) is 6. The number of aromatic amines is 1. The molecule has 1 N–H and O–H groups in total. The van der Waals surface area contributed by atoms with E-state index in [4.69, 9.17) is 0 Å².